The van der Waals surface area contributed by atoms with E-state index in [2.05, 4.69) is 4.98 Å². The third-order valence-corrected chi connectivity index (χ3v) is 3.54. The van der Waals surface area contributed by atoms with Gasteiger partial charge in [0.15, 0.2) is 5.13 Å². The average Bonchev–Trinajstić information content (AvgIpc) is 2.74. The van der Waals surface area contributed by atoms with Gasteiger partial charge in [0.2, 0.25) is 0 Å². The van der Waals surface area contributed by atoms with Crippen molar-refractivity contribution >= 4 is 28.3 Å². The zero-order valence-electron chi connectivity index (χ0n) is 8.74. The number of amides is 1. The predicted molar refractivity (Wildman–Crippen MR) is 55.5 cm³/mol. The fraction of sp³-hybridized carbons (Fsp3) is 0.444. The summed E-state index contributed by atoms with van der Waals surface area (Å²) in [6.07, 6.45) is -4.15. The van der Waals surface area contributed by atoms with Crippen LogP contribution < -0.4 is 5.32 Å². The van der Waals surface area contributed by atoms with Gasteiger partial charge >= 0.3 is 18.1 Å². The van der Waals surface area contributed by atoms with Crippen molar-refractivity contribution in [3.63, 3.8) is 0 Å². The first kappa shape index (κ1) is 12.8. The Hall–Kier alpha value is -1.64. The molecule has 0 bridgehead atoms. The molecule has 0 saturated heterocycles. The first-order valence-corrected chi connectivity index (χ1v) is 5.71. The zero-order chi connectivity index (χ0) is 13.5. The van der Waals surface area contributed by atoms with Gasteiger partial charge in [-0.25, -0.2) is 4.98 Å². The summed E-state index contributed by atoms with van der Waals surface area (Å²) in [4.78, 5) is 25.9. The molecule has 2 N–H and O–H groups in total. The van der Waals surface area contributed by atoms with Crippen LogP contribution in [0.2, 0.25) is 0 Å². The summed E-state index contributed by atoms with van der Waals surface area (Å²) in [5, 5.41) is 10.3. The lowest BCUT2D eigenvalue weighted by Crippen LogP contribution is -2.29. The van der Waals surface area contributed by atoms with Crippen molar-refractivity contribution in [3.05, 3.63) is 10.6 Å². The van der Waals surface area contributed by atoms with Crippen LogP contribution >= 0.6 is 11.3 Å². The second-order valence-corrected chi connectivity index (χ2v) is 4.79. The molecule has 98 valence electrons. The number of carboxylic acid groups (broad SMARTS) is 1. The number of alkyl halides is 3. The Morgan fingerprint density at radius 2 is 2.11 bits per heavy atom. The summed E-state index contributed by atoms with van der Waals surface area (Å²) in [6.45, 7) is 0. The molecule has 0 aliphatic heterocycles. The van der Waals surface area contributed by atoms with E-state index in [4.69, 9.17) is 5.11 Å². The van der Waals surface area contributed by atoms with Crippen LogP contribution in [0.4, 0.5) is 18.3 Å². The highest BCUT2D eigenvalue weighted by molar-refractivity contribution is 7.16. The van der Waals surface area contributed by atoms with E-state index in [-0.39, 0.29) is 10.8 Å². The molecule has 1 amide bonds. The van der Waals surface area contributed by atoms with E-state index in [1.54, 1.807) is 5.32 Å². The molecule has 1 aromatic heterocycles. The lowest BCUT2D eigenvalue weighted by Gasteiger charge is -2.05. The van der Waals surface area contributed by atoms with Crippen LogP contribution in [0.3, 0.4) is 0 Å². The Morgan fingerprint density at radius 1 is 1.44 bits per heavy atom. The van der Waals surface area contributed by atoms with Gasteiger partial charge in [0, 0.05) is 4.88 Å². The maximum absolute atomic E-state index is 12.0. The monoisotopic (exact) mass is 280 g/mol. The fourth-order valence-corrected chi connectivity index (χ4v) is 2.72. The van der Waals surface area contributed by atoms with Crippen LogP contribution in [0.25, 0.3) is 0 Å². The van der Waals surface area contributed by atoms with Crippen molar-refractivity contribution < 1.29 is 27.9 Å². The minimum atomic E-state index is -4.98. The maximum Gasteiger partial charge on any atom is 0.471 e. The number of rotatable bonds is 2. The van der Waals surface area contributed by atoms with Crippen LogP contribution in [-0.2, 0) is 16.0 Å². The minimum absolute atomic E-state index is 0.215. The summed E-state index contributed by atoms with van der Waals surface area (Å²) < 4.78 is 36.0. The summed E-state index contributed by atoms with van der Waals surface area (Å²) in [5.74, 6) is -3.97. The highest BCUT2D eigenvalue weighted by Gasteiger charge is 2.40. The average molecular weight is 280 g/mol. The number of aryl methyl sites for hydroxylation is 1. The summed E-state index contributed by atoms with van der Waals surface area (Å²) in [6, 6.07) is 0. The van der Waals surface area contributed by atoms with Crippen LogP contribution in [-0.4, -0.2) is 28.1 Å². The molecule has 2 rings (SSSR count). The molecule has 5 nitrogen and oxygen atoms in total. The number of carboxylic acids is 1. The second-order valence-electron chi connectivity index (χ2n) is 3.71. The molecule has 0 aromatic carbocycles. The number of thiazole rings is 1. The minimum Gasteiger partial charge on any atom is -0.481 e. The fourth-order valence-electron chi connectivity index (χ4n) is 1.69. The molecule has 1 aromatic rings. The Balaban J connectivity index is 2.17. The number of carbonyl (C=O) groups excluding carboxylic acids is 1. The van der Waals surface area contributed by atoms with Crippen molar-refractivity contribution in [2.75, 3.05) is 5.32 Å². The van der Waals surface area contributed by atoms with Gasteiger partial charge < -0.3 is 5.11 Å². The van der Waals surface area contributed by atoms with E-state index in [1.807, 2.05) is 0 Å². The van der Waals surface area contributed by atoms with E-state index in [0.29, 0.717) is 17.7 Å². The van der Waals surface area contributed by atoms with Crippen molar-refractivity contribution in [3.8, 4) is 0 Å². The van der Waals surface area contributed by atoms with E-state index < -0.39 is 24.0 Å². The number of anilines is 1. The van der Waals surface area contributed by atoms with Gasteiger partial charge in [-0.05, 0) is 12.8 Å². The van der Waals surface area contributed by atoms with Crippen LogP contribution in [0.5, 0.6) is 0 Å². The van der Waals surface area contributed by atoms with Crippen molar-refractivity contribution in [2.24, 2.45) is 0 Å². The van der Waals surface area contributed by atoms with E-state index in [9.17, 15) is 22.8 Å². The molecule has 0 radical (unpaired) electrons. The Labute approximate surface area is 103 Å². The number of carbonyl (C=O) groups is 2. The molecule has 1 aliphatic carbocycles. The molecule has 18 heavy (non-hydrogen) atoms. The molecule has 9 heteroatoms. The topological polar surface area (TPSA) is 79.3 Å². The lowest BCUT2D eigenvalue weighted by atomic mass is 10.1. The lowest BCUT2D eigenvalue weighted by molar-refractivity contribution is -0.167. The SMILES string of the molecule is O=C(O)C1CCc2sc(NC(=O)C(F)(F)F)nc21. The zero-order valence-corrected chi connectivity index (χ0v) is 9.56. The van der Waals surface area contributed by atoms with Gasteiger partial charge in [0.05, 0.1) is 5.69 Å². The number of fused-ring (bicyclic) bond motifs is 1. The quantitative estimate of drug-likeness (QED) is 0.865. The Bertz CT molecular complexity index is 512. The standard InChI is InChI=1S/C9H7F3N2O3S/c10-9(11,12)7(17)14-8-13-5-3(6(15)16)1-2-4(5)18-8/h3H,1-2H2,(H,15,16)(H,13,14,17). The molecule has 1 heterocycles. The van der Waals surface area contributed by atoms with Gasteiger partial charge in [-0.15, -0.1) is 11.3 Å². The normalized spacial score (nSPS) is 18.5. The first-order valence-electron chi connectivity index (χ1n) is 4.89. The van der Waals surface area contributed by atoms with Gasteiger partial charge in [-0.2, -0.15) is 13.2 Å². The number of aliphatic carboxylic acids is 1. The number of nitrogens with one attached hydrogen (secondary N) is 1. The summed E-state index contributed by atoms with van der Waals surface area (Å²) in [7, 11) is 0. The number of nitrogens with zero attached hydrogens (tertiary/aromatic N) is 1. The molecule has 0 spiro atoms. The van der Waals surface area contributed by atoms with Crippen molar-refractivity contribution in [1.82, 2.24) is 4.98 Å². The maximum atomic E-state index is 12.0. The highest BCUT2D eigenvalue weighted by atomic mass is 32.1. The van der Waals surface area contributed by atoms with Gasteiger partial charge in [-0.3, -0.25) is 14.9 Å². The van der Waals surface area contributed by atoms with Crippen molar-refractivity contribution in [1.29, 1.82) is 0 Å². The van der Waals surface area contributed by atoms with Gasteiger partial charge in [0.1, 0.15) is 5.92 Å². The Morgan fingerprint density at radius 3 is 2.67 bits per heavy atom. The molecule has 1 atom stereocenters. The van der Waals surface area contributed by atoms with Crippen molar-refractivity contribution in [2.45, 2.75) is 24.9 Å². The third-order valence-electron chi connectivity index (χ3n) is 2.49. The summed E-state index contributed by atoms with van der Waals surface area (Å²) in [5.41, 5.74) is 0.255. The number of halogens is 3. The van der Waals surface area contributed by atoms with Crippen LogP contribution in [0, 0.1) is 0 Å². The molecule has 1 unspecified atom stereocenters. The number of hydrogen-bond donors (Lipinski definition) is 2. The molecular formula is C9H7F3N2O3S. The number of aromatic nitrogens is 1. The number of hydrogen-bond acceptors (Lipinski definition) is 4. The molecule has 1 aliphatic rings. The smallest absolute Gasteiger partial charge is 0.471 e. The third kappa shape index (κ3) is 2.30. The molecule has 0 fully saturated rings. The van der Waals surface area contributed by atoms with Gasteiger partial charge in [0.25, 0.3) is 0 Å². The van der Waals surface area contributed by atoms with Crippen LogP contribution in [0.15, 0.2) is 0 Å². The summed E-state index contributed by atoms with van der Waals surface area (Å²) >= 11 is 0.881. The van der Waals surface area contributed by atoms with E-state index in [1.165, 1.54) is 0 Å². The molecule has 0 saturated carbocycles. The molecular weight excluding hydrogens is 273 g/mol. The largest absolute Gasteiger partial charge is 0.481 e. The Kier molecular flexibility index (Phi) is 3.01. The van der Waals surface area contributed by atoms with E-state index >= 15 is 0 Å². The van der Waals surface area contributed by atoms with E-state index in [0.717, 1.165) is 11.3 Å². The van der Waals surface area contributed by atoms with Crippen LogP contribution in [0.1, 0.15) is 22.9 Å². The predicted octanol–water partition coefficient (Wildman–Crippen LogP) is 1.76. The highest BCUT2D eigenvalue weighted by Crippen LogP contribution is 2.38. The van der Waals surface area contributed by atoms with Gasteiger partial charge in [-0.1, -0.05) is 0 Å². The second kappa shape index (κ2) is 4.23. The first-order chi connectivity index (χ1) is 8.29.